The summed E-state index contributed by atoms with van der Waals surface area (Å²) in [5.41, 5.74) is 0.470. The van der Waals surface area contributed by atoms with Crippen molar-refractivity contribution in [1.82, 2.24) is 19.4 Å². The summed E-state index contributed by atoms with van der Waals surface area (Å²) >= 11 is 0. The summed E-state index contributed by atoms with van der Waals surface area (Å²) in [5, 5.41) is 2.61. The second-order valence-corrected chi connectivity index (χ2v) is 9.88. The Morgan fingerprint density at radius 2 is 1.83 bits per heavy atom. The summed E-state index contributed by atoms with van der Waals surface area (Å²) in [5.74, 6) is -0.400. The van der Waals surface area contributed by atoms with Crippen LogP contribution in [0.15, 0.2) is 29.2 Å². The Balaban J connectivity index is 1.34. The molecule has 0 aliphatic carbocycles. The number of piperazine rings is 2. The second kappa shape index (κ2) is 9.01. The van der Waals surface area contributed by atoms with E-state index in [2.05, 4.69) is 10.2 Å². The number of benzene rings is 1. The molecule has 3 aliphatic rings. The lowest BCUT2D eigenvalue weighted by atomic mass is 10.1. The fraction of sp³-hybridized carbons (Fsp3) is 0.600. The number of carbonyl (C=O) groups is 2. The molecule has 4 rings (SSSR count). The average Bonchev–Trinajstić information content (AvgIpc) is 3.27. The van der Waals surface area contributed by atoms with Crippen LogP contribution in [0.25, 0.3) is 0 Å². The highest BCUT2D eigenvalue weighted by atomic mass is 32.2. The van der Waals surface area contributed by atoms with Gasteiger partial charge in [0, 0.05) is 58.0 Å². The first-order valence-electron chi connectivity index (χ1n) is 10.4. The molecule has 0 saturated carbocycles. The Bertz CT molecular complexity index is 875. The van der Waals surface area contributed by atoms with Crippen LogP contribution in [0, 0.1) is 0 Å². The van der Waals surface area contributed by atoms with E-state index in [1.54, 1.807) is 12.1 Å². The van der Waals surface area contributed by atoms with Crippen LogP contribution in [0.4, 0.5) is 0 Å². The predicted molar refractivity (Wildman–Crippen MR) is 110 cm³/mol. The van der Waals surface area contributed by atoms with E-state index in [4.69, 9.17) is 4.74 Å². The van der Waals surface area contributed by atoms with Gasteiger partial charge in [0.2, 0.25) is 15.9 Å². The lowest BCUT2D eigenvalue weighted by Gasteiger charge is -2.35. The summed E-state index contributed by atoms with van der Waals surface area (Å²) in [6, 6.07) is 6.00. The Hall–Kier alpha value is -2.01. The minimum atomic E-state index is -3.75. The number of nitrogens with zero attached hydrogens (tertiary/aromatic N) is 3. The first kappa shape index (κ1) is 21.2. The smallest absolute Gasteiger partial charge is 0.253 e. The van der Waals surface area contributed by atoms with Crippen LogP contribution in [0.3, 0.4) is 0 Å². The van der Waals surface area contributed by atoms with Gasteiger partial charge < -0.3 is 15.0 Å². The van der Waals surface area contributed by atoms with Crippen molar-refractivity contribution >= 4 is 21.8 Å². The predicted octanol–water partition coefficient (Wildman–Crippen LogP) is -0.256. The maximum atomic E-state index is 12.8. The van der Waals surface area contributed by atoms with Gasteiger partial charge in [-0.25, -0.2) is 8.42 Å². The molecule has 1 aromatic rings. The summed E-state index contributed by atoms with van der Waals surface area (Å²) in [6.07, 6.45) is 2.55. The van der Waals surface area contributed by atoms with Gasteiger partial charge in [-0.3, -0.25) is 14.5 Å². The minimum Gasteiger partial charge on any atom is -0.377 e. The van der Waals surface area contributed by atoms with Crippen LogP contribution in [-0.4, -0.2) is 99.4 Å². The largest absolute Gasteiger partial charge is 0.377 e. The molecule has 0 aromatic heterocycles. The van der Waals surface area contributed by atoms with Crippen molar-refractivity contribution in [1.29, 1.82) is 0 Å². The SMILES string of the molecule is O=C1CN(S(=O)(=O)c2ccc(C(=O)N3CCN(CC4CCCO4)CC3)cc2)CCN1. The van der Waals surface area contributed by atoms with Crippen LogP contribution in [-0.2, 0) is 19.6 Å². The maximum Gasteiger partial charge on any atom is 0.253 e. The van der Waals surface area contributed by atoms with Gasteiger partial charge in [0.05, 0.1) is 17.5 Å². The molecular formula is C20H28N4O5S. The van der Waals surface area contributed by atoms with Crippen molar-refractivity contribution in [2.45, 2.75) is 23.8 Å². The second-order valence-electron chi connectivity index (χ2n) is 7.94. The molecule has 1 unspecified atom stereocenters. The molecule has 10 heteroatoms. The molecule has 0 radical (unpaired) electrons. The fourth-order valence-electron chi connectivity index (χ4n) is 4.13. The lowest BCUT2D eigenvalue weighted by Crippen LogP contribution is -2.50. The first-order valence-corrected chi connectivity index (χ1v) is 11.9. The van der Waals surface area contributed by atoms with E-state index >= 15 is 0 Å². The van der Waals surface area contributed by atoms with Crippen LogP contribution >= 0.6 is 0 Å². The van der Waals surface area contributed by atoms with Crippen molar-refractivity contribution in [2.24, 2.45) is 0 Å². The molecule has 0 spiro atoms. The third-order valence-electron chi connectivity index (χ3n) is 5.89. The normalized spacial score (nSPS) is 24.1. The monoisotopic (exact) mass is 436 g/mol. The van der Waals surface area contributed by atoms with Crippen LogP contribution in [0.2, 0.25) is 0 Å². The Kier molecular flexibility index (Phi) is 6.37. The number of hydrogen-bond acceptors (Lipinski definition) is 6. The lowest BCUT2D eigenvalue weighted by molar-refractivity contribution is -0.122. The van der Waals surface area contributed by atoms with E-state index in [0.717, 1.165) is 43.4 Å². The molecule has 164 valence electrons. The van der Waals surface area contributed by atoms with Crippen LogP contribution < -0.4 is 5.32 Å². The molecule has 30 heavy (non-hydrogen) atoms. The van der Waals surface area contributed by atoms with Gasteiger partial charge in [-0.05, 0) is 37.1 Å². The standard InChI is InChI=1S/C20H28N4O5S/c25-19-15-24(8-7-21-19)30(27,28)18-5-3-16(4-6-18)20(26)23-11-9-22(10-12-23)14-17-2-1-13-29-17/h3-6,17H,1-2,7-15H2,(H,21,25). The Morgan fingerprint density at radius 1 is 1.10 bits per heavy atom. The molecule has 3 saturated heterocycles. The van der Waals surface area contributed by atoms with E-state index in [-0.39, 0.29) is 29.8 Å². The molecule has 1 atom stereocenters. The number of hydrogen-bond donors (Lipinski definition) is 1. The van der Waals surface area contributed by atoms with Crippen molar-refractivity contribution in [2.75, 3.05) is 59.0 Å². The highest BCUT2D eigenvalue weighted by Gasteiger charge is 2.30. The van der Waals surface area contributed by atoms with E-state index in [0.29, 0.717) is 31.3 Å². The van der Waals surface area contributed by atoms with Gasteiger partial charge in [-0.2, -0.15) is 4.31 Å². The van der Waals surface area contributed by atoms with Gasteiger partial charge in [0.15, 0.2) is 0 Å². The average molecular weight is 437 g/mol. The van der Waals surface area contributed by atoms with Gasteiger partial charge in [-0.1, -0.05) is 0 Å². The highest BCUT2D eigenvalue weighted by molar-refractivity contribution is 7.89. The highest BCUT2D eigenvalue weighted by Crippen LogP contribution is 2.19. The van der Waals surface area contributed by atoms with Gasteiger partial charge >= 0.3 is 0 Å². The van der Waals surface area contributed by atoms with Crippen molar-refractivity contribution in [3.05, 3.63) is 29.8 Å². The zero-order valence-electron chi connectivity index (χ0n) is 17.0. The van der Waals surface area contributed by atoms with Crippen LogP contribution in [0.1, 0.15) is 23.2 Å². The Labute approximate surface area is 177 Å². The van der Waals surface area contributed by atoms with Crippen molar-refractivity contribution in [3.63, 3.8) is 0 Å². The molecule has 1 N–H and O–H groups in total. The fourth-order valence-corrected chi connectivity index (χ4v) is 5.53. The zero-order chi connectivity index (χ0) is 21.1. The summed E-state index contributed by atoms with van der Waals surface area (Å²) in [6.45, 7) is 5.05. The van der Waals surface area contributed by atoms with Crippen LogP contribution in [0.5, 0.6) is 0 Å². The number of carbonyl (C=O) groups excluding carboxylic acids is 2. The summed E-state index contributed by atoms with van der Waals surface area (Å²) < 4.78 is 32.3. The number of ether oxygens (including phenoxy) is 1. The van der Waals surface area contributed by atoms with E-state index in [1.165, 1.54) is 12.1 Å². The number of rotatable bonds is 5. The molecule has 2 amide bonds. The maximum absolute atomic E-state index is 12.8. The number of sulfonamides is 1. The van der Waals surface area contributed by atoms with Crippen molar-refractivity contribution in [3.8, 4) is 0 Å². The third-order valence-corrected chi connectivity index (χ3v) is 7.75. The molecule has 0 bridgehead atoms. The van der Waals surface area contributed by atoms with Gasteiger partial charge in [0.1, 0.15) is 0 Å². The third kappa shape index (κ3) is 4.66. The summed E-state index contributed by atoms with van der Waals surface area (Å²) in [4.78, 5) is 28.6. The molecular weight excluding hydrogens is 408 g/mol. The summed E-state index contributed by atoms with van der Waals surface area (Å²) in [7, 11) is -3.75. The quantitative estimate of drug-likeness (QED) is 0.683. The first-order chi connectivity index (χ1) is 14.4. The number of amides is 2. The molecule has 3 fully saturated rings. The minimum absolute atomic E-state index is 0.0898. The van der Waals surface area contributed by atoms with E-state index < -0.39 is 10.0 Å². The van der Waals surface area contributed by atoms with Crippen molar-refractivity contribution < 1.29 is 22.7 Å². The van der Waals surface area contributed by atoms with Gasteiger partial charge in [0.25, 0.3) is 5.91 Å². The topological polar surface area (TPSA) is 99.3 Å². The van der Waals surface area contributed by atoms with E-state index in [1.807, 2.05) is 4.90 Å². The molecule has 1 aromatic carbocycles. The number of nitrogens with one attached hydrogen (secondary N) is 1. The Morgan fingerprint density at radius 3 is 2.47 bits per heavy atom. The zero-order valence-corrected chi connectivity index (χ0v) is 17.8. The molecule has 3 heterocycles. The molecule has 3 aliphatic heterocycles. The van der Waals surface area contributed by atoms with Gasteiger partial charge in [-0.15, -0.1) is 0 Å². The molecule has 9 nitrogen and oxygen atoms in total. The van der Waals surface area contributed by atoms with E-state index in [9.17, 15) is 18.0 Å².